The van der Waals surface area contributed by atoms with Crippen molar-refractivity contribution in [3.8, 4) is 5.75 Å². The molecule has 0 amide bonds. The summed E-state index contributed by atoms with van der Waals surface area (Å²) in [4.78, 5) is 35.3. The van der Waals surface area contributed by atoms with Gasteiger partial charge in [-0.2, -0.15) is 0 Å². The van der Waals surface area contributed by atoms with Gasteiger partial charge >= 0.3 is 11.9 Å². The molecule has 0 fully saturated rings. The maximum atomic E-state index is 13.0. The number of carboxylic acids is 1. The van der Waals surface area contributed by atoms with E-state index in [-0.39, 0.29) is 24.0 Å². The van der Waals surface area contributed by atoms with E-state index in [1.807, 2.05) is 36.4 Å². The maximum Gasteiger partial charge on any atom is 0.311 e. The van der Waals surface area contributed by atoms with Crippen LogP contribution in [0.15, 0.2) is 57.7 Å². The van der Waals surface area contributed by atoms with Gasteiger partial charge in [0, 0.05) is 5.56 Å². The van der Waals surface area contributed by atoms with Gasteiger partial charge in [0.05, 0.1) is 18.2 Å². The van der Waals surface area contributed by atoms with Crippen molar-refractivity contribution in [2.75, 3.05) is 0 Å². The molecule has 0 radical (unpaired) electrons. The zero-order chi connectivity index (χ0) is 20.4. The van der Waals surface area contributed by atoms with Crippen molar-refractivity contribution in [3.63, 3.8) is 0 Å². The number of carbonyl (C=O) groups is 2. The highest BCUT2D eigenvalue weighted by Gasteiger charge is 2.24. The Kier molecular flexibility index (Phi) is 4.99. The van der Waals surface area contributed by atoms with E-state index >= 15 is 0 Å². The molecule has 0 atom stereocenters. The molecule has 1 aliphatic carbocycles. The van der Waals surface area contributed by atoms with Crippen LogP contribution in [0.5, 0.6) is 5.75 Å². The SMILES string of the molecule is O=C(O)CCC(=O)Oc1ccc2oc3c(c(=O)c2c1)CCC3=Cc1ccccc1. The van der Waals surface area contributed by atoms with E-state index in [9.17, 15) is 14.4 Å². The molecular formula is C23H18O6. The fourth-order valence-electron chi connectivity index (χ4n) is 3.42. The lowest BCUT2D eigenvalue weighted by molar-refractivity contribution is -0.142. The lowest BCUT2D eigenvalue weighted by atomic mass is 10.1. The molecule has 0 aliphatic heterocycles. The fourth-order valence-corrected chi connectivity index (χ4v) is 3.42. The summed E-state index contributed by atoms with van der Waals surface area (Å²) in [6.45, 7) is 0. The Morgan fingerprint density at radius 1 is 1.07 bits per heavy atom. The topological polar surface area (TPSA) is 93.8 Å². The average molecular weight is 390 g/mol. The molecule has 0 spiro atoms. The van der Waals surface area contributed by atoms with Crippen molar-refractivity contribution in [2.24, 2.45) is 0 Å². The number of hydrogen-bond acceptors (Lipinski definition) is 5. The third-order valence-electron chi connectivity index (χ3n) is 4.81. The van der Waals surface area contributed by atoms with Gasteiger partial charge in [0.1, 0.15) is 17.1 Å². The van der Waals surface area contributed by atoms with Crippen molar-refractivity contribution >= 4 is 34.6 Å². The van der Waals surface area contributed by atoms with Crippen LogP contribution in [0.3, 0.4) is 0 Å². The number of hydrogen-bond donors (Lipinski definition) is 1. The van der Waals surface area contributed by atoms with Crippen LogP contribution in [-0.2, 0) is 16.0 Å². The lowest BCUT2D eigenvalue weighted by Gasteiger charge is -2.07. The van der Waals surface area contributed by atoms with Gasteiger partial charge in [0.2, 0.25) is 0 Å². The number of ether oxygens (including phenoxy) is 1. The number of rotatable bonds is 5. The van der Waals surface area contributed by atoms with E-state index in [2.05, 4.69) is 0 Å². The minimum absolute atomic E-state index is 0.138. The van der Waals surface area contributed by atoms with Crippen LogP contribution >= 0.6 is 0 Å². The molecular weight excluding hydrogens is 372 g/mol. The molecule has 29 heavy (non-hydrogen) atoms. The molecule has 1 N–H and O–H groups in total. The predicted molar refractivity (Wildman–Crippen MR) is 108 cm³/mol. The Labute approximate surface area is 166 Å². The van der Waals surface area contributed by atoms with Crippen molar-refractivity contribution in [1.29, 1.82) is 0 Å². The normalized spacial score (nSPS) is 14.1. The predicted octanol–water partition coefficient (Wildman–Crippen LogP) is 4.05. The molecule has 0 unspecified atom stereocenters. The van der Waals surface area contributed by atoms with Crippen molar-refractivity contribution in [2.45, 2.75) is 25.7 Å². The fraction of sp³-hybridized carbons (Fsp3) is 0.174. The van der Waals surface area contributed by atoms with Gasteiger partial charge in [-0.3, -0.25) is 14.4 Å². The summed E-state index contributed by atoms with van der Waals surface area (Å²) in [5, 5.41) is 8.99. The Hall–Kier alpha value is -3.67. The van der Waals surface area contributed by atoms with Crippen LogP contribution < -0.4 is 10.2 Å². The standard InChI is InChI=1S/C23H18O6/c24-20(25)10-11-21(26)28-16-7-9-19-18(13-16)22(27)17-8-6-15(23(17)29-19)12-14-4-2-1-3-5-14/h1-5,7,9,12-13H,6,8,10-11H2,(H,24,25). The highest BCUT2D eigenvalue weighted by Crippen LogP contribution is 2.34. The second-order valence-electron chi connectivity index (χ2n) is 6.84. The van der Waals surface area contributed by atoms with Gasteiger partial charge in [0.25, 0.3) is 0 Å². The largest absolute Gasteiger partial charge is 0.481 e. The van der Waals surface area contributed by atoms with Crippen molar-refractivity contribution < 1.29 is 23.8 Å². The van der Waals surface area contributed by atoms with Crippen LogP contribution in [0, 0.1) is 0 Å². The van der Waals surface area contributed by atoms with Gasteiger partial charge in [0.15, 0.2) is 5.43 Å². The van der Waals surface area contributed by atoms with Crippen LogP contribution in [0.25, 0.3) is 22.6 Å². The number of aliphatic carboxylic acids is 1. The van der Waals surface area contributed by atoms with E-state index in [1.165, 1.54) is 12.1 Å². The summed E-state index contributed by atoms with van der Waals surface area (Å²) in [6.07, 6.45) is 2.79. The first-order chi connectivity index (χ1) is 14.0. The van der Waals surface area contributed by atoms with Crippen LogP contribution in [0.1, 0.15) is 36.1 Å². The molecule has 146 valence electrons. The van der Waals surface area contributed by atoms with Crippen LogP contribution in [-0.4, -0.2) is 17.0 Å². The van der Waals surface area contributed by atoms with Gasteiger partial charge in [-0.1, -0.05) is 30.3 Å². The number of esters is 1. The molecule has 1 aliphatic rings. The van der Waals surface area contributed by atoms with Gasteiger partial charge in [-0.15, -0.1) is 0 Å². The second kappa shape index (κ2) is 7.75. The van der Waals surface area contributed by atoms with Gasteiger partial charge in [-0.05, 0) is 48.3 Å². The molecule has 6 heteroatoms. The van der Waals surface area contributed by atoms with Crippen molar-refractivity contribution in [3.05, 3.63) is 75.6 Å². The second-order valence-corrected chi connectivity index (χ2v) is 6.84. The quantitative estimate of drug-likeness (QED) is 0.522. The lowest BCUT2D eigenvalue weighted by Crippen LogP contribution is -2.11. The van der Waals surface area contributed by atoms with Crippen LogP contribution in [0.4, 0.5) is 0 Å². The molecule has 1 heterocycles. The summed E-state index contributed by atoms with van der Waals surface area (Å²) in [6, 6.07) is 14.4. The summed E-state index contributed by atoms with van der Waals surface area (Å²) >= 11 is 0. The van der Waals surface area contributed by atoms with E-state index in [1.54, 1.807) is 6.07 Å². The van der Waals surface area contributed by atoms with Gasteiger partial charge < -0.3 is 14.3 Å². The summed E-state index contributed by atoms with van der Waals surface area (Å²) in [5.74, 6) is -0.933. The van der Waals surface area contributed by atoms with E-state index < -0.39 is 11.9 Å². The number of benzene rings is 2. The molecule has 1 aromatic heterocycles. The molecule has 0 saturated heterocycles. The number of allylic oxidation sites excluding steroid dienone is 1. The third-order valence-corrected chi connectivity index (χ3v) is 4.81. The van der Waals surface area contributed by atoms with E-state index in [4.69, 9.17) is 14.3 Å². The first kappa shape index (κ1) is 18.7. The molecule has 0 saturated carbocycles. The number of carbonyl (C=O) groups excluding carboxylic acids is 1. The van der Waals surface area contributed by atoms with Gasteiger partial charge in [-0.25, -0.2) is 0 Å². The average Bonchev–Trinajstić information content (AvgIpc) is 3.11. The van der Waals surface area contributed by atoms with E-state index in [0.717, 1.165) is 17.6 Å². The first-order valence-corrected chi connectivity index (χ1v) is 9.29. The van der Waals surface area contributed by atoms with Crippen LogP contribution in [0.2, 0.25) is 0 Å². The Morgan fingerprint density at radius 2 is 1.86 bits per heavy atom. The number of fused-ring (bicyclic) bond motifs is 2. The Bertz CT molecular complexity index is 1190. The molecule has 3 aromatic rings. The zero-order valence-corrected chi connectivity index (χ0v) is 15.5. The Morgan fingerprint density at radius 3 is 2.62 bits per heavy atom. The minimum atomic E-state index is -1.07. The molecule has 0 bridgehead atoms. The third kappa shape index (κ3) is 3.96. The monoisotopic (exact) mass is 390 g/mol. The highest BCUT2D eigenvalue weighted by atomic mass is 16.5. The smallest absolute Gasteiger partial charge is 0.311 e. The Balaban J connectivity index is 1.66. The summed E-state index contributed by atoms with van der Waals surface area (Å²) in [7, 11) is 0. The maximum absolute atomic E-state index is 13.0. The molecule has 4 rings (SSSR count). The molecule has 6 nitrogen and oxygen atoms in total. The number of carboxylic acid groups (broad SMARTS) is 1. The van der Waals surface area contributed by atoms with E-state index in [0.29, 0.717) is 28.7 Å². The summed E-state index contributed by atoms with van der Waals surface area (Å²) < 4.78 is 11.2. The van der Waals surface area contributed by atoms with Crippen molar-refractivity contribution in [1.82, 2.24) is 0 Å². The first-order valence-electron chi connectivity index (χ1n) is 9.29. The highest BCUT2D eigenvalue weighted by molar-refractivity contribution is 5.88. The summed E-state index contributed by atoms with van der Waals surface area (Å²) in [5.41, 5.74) is 2.92. The molecule has 2 aromatic carbocycles. The minimum Gasteiger partial charge on any atom is -0.481 e. The zero-order valence-electron chi connectivity index (χ0n) is 15.5.